The minimum atomic E-state index is -0.984. The van der Waals surface area contributed by atoms with Crippen LogP contribution >= 0.6 is 11.6 Å². The second-order valence-corrected chi connectivity index (χ2v) is 4.88. The van der Waals surface area contributed by atoms with E-state index >= 15 is 0 Å². The normalized spacial score (nSPS) is 10.8. The molecule has 2 aromatic carbocycles. The van der Waals surface area contributed by atoms with Crippen molar-refractivity contribution < 1.29 is 14.6 Å². The van der Waals surface area contributed by atoms with Gasteiger partial charge in [-0.15, -0.1) is 0 Å². The number of rotatable bonds is 3. The van der Waals surface area contributed by atoms with Crippen LogP contribution in [0.25, 0.3) is 16.7 Å². The van der Waals surface area contributed by atoms with E-state index in [0.717, 1.165) is 0 Å². The van der Waals surface area contributed by atoms with Gasteiger partial charge in [-0.1, -0.05) is 11.6 Å². The second kappa shape index (κ2) is 5.10. The van der Waals surface area contributed by atoms with Crippen molar-refractivity contribution >= 4 is 28.6 Å². The highest BCUT2D eigenvalue weighted by Gasteiger charge is 2.12. The average molecular weight is 303 g/mol. The van der Waals surface area contributed by atoms with Gasteiger partial charge in [0, 0.05) is 5.02 Å². The van der Waals surface area contributed by atoms with Gasteiger partial charge in [-0.05, 0) is 36.4 Å². The van der Waals surface area contributed by atoms with Gasteiger partial charge in [0.25, 0.3) is 0 Å². The predicted molar refractivity (Wildman–Crippen MR) is 79.6 cm³/mol. The molecule has 1 heterocycles. The van der Waals surface area contributed by atoms with E-state index in [9.17, 15) is 4.79 Å². The largest absolute Gasteiger partial charge is 0.495 e. The zero-order valence-corrected chi connectivity index (χ0v) is 11.8. The molecule has 0 unspecified atom stereocenters. The third-order valence-electron chi connectivity index (χ3n) is 3.19. The third-order valence-corrected chi connectivity index (χ3v) is 3.43. The zero-order valence-electron chi connectivity index (χ0n) is 11.1. The van der Waals surface area contributed by atoms with Gasteiger partial charge in [0.2, 0.25) is 0 Å². The number of fused-ring (bicyclic) bond motifs is 1. The summed E-state index contributed by atoms with van der Waals surface area (Å²) in [6, 6.07) is 10.00. The Morgan fingerprint density at radius 1 is 1.29 bits per heavy atom. The number of aromatic carboxylic acids is 1. The van der Waals surface area contributed by atoms with Gasteiger partial charge in [0.1, 0.15) is 12.1 Å². The van der Waals surface area contributed by atoms with Crippen molar-refractivity contribution in [3.8, 4) is 11.4 Å². The van der Waals surface area contributed by atoms with E-state index in [2.05, 4.69) is 4.98 Å². The molecule has 0 aliphatic rings. The van der Waals surface area contributed by atoms with Crippen molar-refractivity contribution in [3.05, 3.63) is 53.3 Å². The van der Waals surface area contributed by atoms with Crippen LogP contribution in [0.15, 0.2) is 42.7 Å². The molecule has 0 radical (unpaired) electrons. The number of carboxylic acids is 1. The smallest absolute Gasteiger partial charge is 0.335 e. The molecule has 0 saturated heterocycles. The quantitative estimate of drug-likeness (QED) is 0.805. The molecule has 106 valence electrons. The summed E-state index contributed by atoms with van der Waals surface area (Å²) in [4.78, 5) is 15.4. The average Bonchev–Trinajstić information content (AvgIpc) is 2.89. The Labute approximate surface area is 125 Å². The van der Waals surface area contributed by atoms with Gasteiger partial charge in [-0.3, -0.25) is 4.57 Å². The molecule has 3 rings (SSSR count). The van der Waals surface area contributed by atoms with Gasteiger partial charge >= 0.3 is 5.97 Å². The zero-order chi connectivity index (χ0) is 15.0. The lowest BCUT2D eigenvalue weighted by Crippen LogP contribution is -1.99. The summed E-state index contributed by atoms with van der Waals surface area (Å²) in [6.45, 7) is 0. The molecule has 0 aliphatic heterocycles. The number of halogens is 1. The first-order valence-corrected chi connectivity index (χ1v) is 6.52. The molecule has 0 atom stereocenters. The van der Waals surface area contributed by atoms with Gasteiger partial charge in [-0.25, -0.2) is 9.78 Å². The Kier molecular flexibility index (Phi) is 3.27. The molecular weight excluding hydrogens is 292 g/mol. The molecule has 1 N–H and O–H groups in total. The molecule has 0 fully saturated rings. The van der Waals surface area contributed by atoms with Crippen LogP contribution in [0.5, 0.6) is 5.75 Å². The standard InChI is InChI=1S/C15H11ClN2O3/c1-21-14-5-3-10(16)7-13(14)18-8-17-11-4-2-9(15(19)20)6-12(11)18/h2-8H,1H3,(H,19,20). The van der Waals surface area contributed by atoms with E-state index in [4.69, 9.17) is 21.4 Å². The first-order chi connectivity index (χ1) is 10.1. The van der Waals surface area contributed by atoms with Crippen LogP contribution in [0.4, 0.5) is 0 Å². The number of hydrogen-bond donors (Lipinski definition) is 1. The summed E-state index contributed by atoms with van der Waals surface area (Å²) < 4.78 is 7.08. The fraction of sp³-hybridized carbons (Fsp3) is 0.0667. The molecule has 0 spiro atoms. The molecule has 1 aromatic heterocycles. The lowest BCUT2D eigenvalue weighted by molar-refractivity contribution is 0.0697. The predicted octanol–water partition coefficient (Wildman–Crippen LogP) is 3.39. The molecule has 5 nitrogen and oxygen atoms in total. The number of carbonyl (C=O) groups is 1. The van der Waals surface area contributed by atoms with E-state index in [1.807, 2.05) is 0 Å². The topological polar surface area (TPSA) is 64.4 Å². The SMILES string of the molecule is COc1ccc(Cl)cc1-n1cnc2ccc(C(=O)O)cc21. The summed E-state index contributed by atoms with van der Waals surface area (Å²) >= 11 is 6.04. The number of benzene rings is 2. The highest BCUT2D eigenvalue weighted by Crippen LogP contribution is 2.29. The Hall–Kier alpha value is -2.53. The minimum absolute atomic E-state index is 0.199. The molecule has 0 amide bonds. The van der Waals surface area contributed by atoms with Crippen LogP contribution in [0.2, 0.25) is 5.02 Å². The van der Waals surface area contributed by atoms with Crippen LogP contribution in [0, 0.1) is 0 Å². The molecule has 3 aromatic rings. The van der Waals surface area contributed by atoms with Crippen LogP contribution < -0.4 is 4.74 Å². The van der Waals surface area contributed by atoms with Crippen molar-refractivity contribution in [1.82, 2.24) is 9.55 Å². The minimum Gasteiger partial charge on any atom is -0.495 e. The van der Waals surface area contributed by atoms with Crippen LogP contribution in [0.3, 0.4) is 0 Å². The molecule has 6 heteroatoms. The number of carboxylic acid groups (broad SMARTS) is 1. The van der Waals surface area contributed by atoms with Crippen molar-refractivity contribution in [2.75, 3.05) is 7.11 Å². The van der Waals surface area contributed by atoms with E-state index < -0.39 is 5.97 Å². The molecule has 0 aliphatic carbocycles. The fourth-order valence-electron chi connectivity index (χ4n) is 2.18. The lowest BCUT2D eigenvalue weighted by Gasteiger charge is -2.10. The van der Waals surface area contributed by atoms with Crippen molar-refractivity contribution in [1.29, 1.82) is 0 Å². The van der Waals surface area contributed by atoms with Gasteiger partial charge in [0.05, 0.1) is 29.4 Å². The maximum atomic E-state index is 11.1. The van der Waals surface area contributed by atoms with Crippen molar-refractivity contribution in [2.24, 2.45) is 0 Å². The second-order valence-electron chi connectivity index (χ2n) is 4.44. The van der Waals surface area contributed by atoms with E-state index in [1.54, 1.807) is 48.3 Å². The maximum absolute atomic E-state index is 11.1. The van der Waals surface area contributed by atoms with Crippen LogP contribution in [-0.4, -0.2) is 27.7 Å². The first-order valence-electron chi connectivity index (χ1n) is 6.14. The van der Waals surface area contributed by atoms with E-state index in [-0.39, 0.29) is 5.56 Å². The number of imidazole rings is 1. The summed E-state index contributed by atoms with van der Waals surface area (Å²) in [6.07, 6.45) is 1.62. The number of aromatic nitrogens is 2. The van der Waals surface area contributed by atoms with E-state index in [1.165, 1.54) is 6.07 Å². The number of hydrogen-bond acceptors (Lipinski definition) is 3. The van der Waals surface area contributed by atoms with Gasteiger partial charge in [0.15, 0.2) is 0 Å². The van der Waals surface area contributed by atoms with Crippen LogP contribution in [0.1, 0.15) is 10.4 Å². The third kappa shape index (κ3) is 2.32. The first kappa shape index (κ1) is 13.5. The van der Waals surface area contributed by atoms with Crippen molar-refractivity contribution in [3.63, 3.8) is 0 Å². The summed E-state index contributed by atoms with van der Waals surface area (Å²) in [7, 11) is 1.56. The maximum Gasteiger partial charge on any atom is 0.335 e. The van der Waals surface area contributed by atoms with Crippen molar-refractivity contribution in [2.45, 2.75) is 0 Å². The van der Waals surface area contributed by atoms with Gasteiger partial charge < -0.3 is 9.84 Å². The van der Waals surface area contributed by atoms with E-state index in [0.29, 0.717) is 27.5 Å². The summed E-state index contributed by atoms with van der Waals surface area (Å²) in [5, 5.41) is 9.67. The highest BCUT2D eigenvalue weighted by molar-refractivity contribution is 6.30. The number of methoxy groups -OCH3 is 1. The fourth-order valence-corrected chi connectivity index (χ4v) is 2.35. The summed E-state index contributed by atoms with van der Waals surface area (Å²) in [5.74, 6) is -0.359. The molecule has 21 heavy (non-hydrogen) atoms. The molecular formula is C15H11ClN2O3. The number of nitrogens with zero attached hydrogens (tertiary/aromatic N) is 2. The lowest BCUT2D eigenvalue weighted by atomic mass is 10.2. The Bertz CT molecular complexity index is 842. The Morgan fingerprint density at radius 2 is 2.10 bits per heavy atom. The molecule has 0 bridgehead atoms. The Morgan fingerprint density at radius 3 is 2.81 bits per heavy atom. The highest BCUT2D eigenvalue weighted by atomic mass is 35.5. The summed E-state index contributed by atoms with van der Waals surface area (Å²) in [5.41, 5.74) is 2.28. The van der Waals surface area contributed by atoms with Gasteiger partial charge in [-0.2, -0.15) is 0 Å². The Balaban J connectivity index is 2.27. The monoisotopic (exact) mass is 302 g/mol. The molecule has 0 saturated carbocycles. The number of ether oxygens (including phenoxy) is 1. The van der Waals surface area contributed by atoms with Crippen LogP contribution in [-0.2, 0) is 0 Å².